The highest BCUT2D eigenvalue weighted by Gasteiger charge is 2.05. The van der Waals surface area contributed by atoms with Crippen molar-refractivity contribution in [2.75, 3.05) is 5.32 Å². The smallest absolute Gasteiger partial charge is 0.211 e. The van der Waals surface area contributed by atoms with Crippen LogP contribution in [-0.2, 0) is 4.79 Å². The molecule has 2 rings (SSSR count). The Morgan fingerprint density at radius 3 is 2.33 bits per heavy atom. The van der Waals surface area contributed by atoms with Crippen LogP contribution in [0.25, 0.3) is 0 Å². The third-order valence-electron chi connectivity index (χ3n) is 2.20. The molecule has 0 saturated carbocycles. The summed E-state index contributed by atoms with van der Waals surface area (Å²) >= 11 is 11.6. The Bertz CT molecular complexity index is 555. The van der Waals surface area contributed by atoms with E-state index in [0.29, 0.717) is 33.6 Å². The molecule has 0 unspecified atom stereocenters. The van der Waals surface area contributed by atoms with Crippen molar-refractivity contribution in [2.24, 2.45) is 0 Å². The van der Waals surface area contributed by atoms with Gasteiger partial charge in [-0.2, -0.15) is 0 Å². The summed E-state index contributed by atoms with van der Waals surface area (Å²) in [4.78, 5) is 10.5. The van der Waals surface area contributed by atoms with Gasteiger partial charge >= 0.3 is 0 Å². The van der Waals surface area contributed by atoms with E-state index in [1.165, 1.54) is 0 Å². The van der Waals surface area contributed by atoms with Gasteiger partial charge in [0.25, 0.3) is 0 Å². The van der Waals surface area contributed by atoms with Gasteiger partial charge in [0.05, 0.1) is 5.69 Å². The minimum atomic E-state index is 0.507. The SMILES string of the molecule is O=CNc1cc(Cl)ccc1Oc1ccc(Cl)cc1. The number of hydrogen-bond donors (Lipinski definition) is 1. The number of rotatable bonds is 4. The van der Waals surface area contributed by atoms with Gasteiger partial charge < -0.3 is 10.1 Å². The highest BCUT2D eigenvalue weighted by Crippen LogP contribution is 2.32. The van der Waals surface area contributed by atoms with E-state index in [4.69, 9.17) is 27.9 Å². The molecule has 2 aromatic rings. The third kappa shape index (κ3) is 3.15. The molecular formula is C13H9Cl2NO2. The molecule has 18 heavy (non-hydrogen) atoms. The van der Waals surface area contributed by atoms with Crippen molar-refractivity contribution in [3.63, 3.8) is 0 Å². The van der Waals surface area contributed by atoms with Crippen LogP contribution in [0.2, 0.25) is 10.0 Å². The average Bonchev–Trinajstić information content (AvgIpc) is 2.36. The Morgan fingerprint density at radius 2 is 1.67 bits per heavy atom. The highest BCUT2D eigenvalue weighted by atomic mass is 35.5. The second kappa shape index (κ2) is 5.76. The predicted octanol–water partition coefficient (Wildman–Crippen LogP) is 4.35. The molecule has 0 aliphatic rings. The fourth-order valence-electron chi connectivity index (χ4n) is 1.40. The zero-order valence-corrected chi connectivity index (χ0v) is 10.7. The first-order valence-corrected chi connectivity index (χ1v) is 5.88. The lowest BCUT2D eigenvalue weighted by Crippen LogP contribution is -1.97. The van der Waals surface area contributed by atoms with Crippen molar-refractivity contribution in [3.05, 3.63) is 52.5 Å². The van der Waals surface area contributed by atoms with Crippen LogP contribution in [0.1, 0.15) is 0 Å². The Hall–Kier alpha value is -1.71. The van der Waals surface area contributed by atoms with Gasteiger partial charge in [-0.15, -0.1) is 0 Å². The largest absolute Gasteiger partial charge is 0.455 e. The zero-order chi connectivity index (χ0) is 13.0. The molecule has 0 aliphatic carbocycles. The van der Waals surface area contributed by atoms with Crippen molar-refractivity contribution in [2.45, 2.75) is 0 Å². The Balaban J connectivity index is 2.27. The third-order valence-corrected chi connectivity index (χ3v) is 2.68. The van der Waals surface area contributed by atoms with Crippen LogP contribution in [0.5, 0.6) is 11.5 Å². The van der Waals surface area contributed by atoms with Crippen LogP contribution < -0.4 is 10.1 Å². The first-order valence-electron chi connectivity index (χ1n) is 5.12. The molecule has 0 aromatic heterocycles. The van der Waals surface area contributed by atoms with Crippen LogP contribution in [0.4, 0.5) is 5.69 Å². The lowest BCUT2D eigenvalue weighted by atomic mass is 10.3. The molecule has 92 valence electrons. The summed E-state index contributed by atoms with van der Waals surface area (Å²) in [7, 11) is 0. The second-order valence-corrected chi connectivity index (χ2v) is 4.33. The van der Waals surface area contributed by atoms with Crippen molar-refractivity contribution < 1.29 is 9.53 Å². The van der Waals surface area contributed by atoms with Gasteiger partial charge in [0.2, 0.25) is 6.41 Å². The molecule has 0 spiro atoms. The van der Waals surface area contributed by atoms with E-state index >= 15 is 0 Å². The average molecular weight is 282 g/mol. The number of benzene rings is 2. The number of amides is 1. The van der Waals surface area contributed by atoms with E-state index < -0.39 is 0 Å². The first kappa shape index (κ1) is 12.7. The second-order valence-electron chi connectivity index (χ2n) is 3.46. The summed E-state index contributed by atoms with van der Waals surface area (Å²) in [6.45, 7) is 0. The maximum absolute atomic E-state index is 10.5. The molecule has 3 nitrogen and oxygen atoms in total. The molecule has 0 heterocycles. The molecule has 0 radical (unpaired) electrons. The topological polar surface area (TPSA) is 38.3 Å². The summed E-state index contributed by atoms with van der Waals surface area (Å²) in [5, 5.41) is 3.68. The zero-order valence-electron chi connectivity index (χ0n) is 9.19. The highest BCUT2D eigenvalue weighted by molar-refractivity contribution is 6.31. The Labute approximate surface area is 114 Å². The molecule has 0 aliphatic heterocycles. The minimum Gasteiger partial charge on any atom is -0.455 e. The van der Waals surface area contributed by atoms with Crippen molar-refractivity contribution in [3.8, 4) is 11.5 Å². The number of halogens is 2. The maximum atomic E-state index is 10.5. The summed E-state index contributed by atoms with van der Waals surface area (Å²) in [6.07, 6.45) is 0.570. The normalized spacial score (nSPS) is 9.89. The number of anilines is 1. The number of carbonyl (C=O) groups is 1. The molecule has 2 aromatic carbocycles. The predicted molar refractivity (Wildman–Crippen MR) is 72.7 cm³/mol. The van der Waals surface area contributed by atoms with Crippen LogP contribution >= 0.6 is 23.2 Å². The summed E-state index contributed by atoms with van der Waals surface area (Å²) < 4.78 is 5.63. The van der Waals surface area contributed by atoms with Crippen LogP contribution in [0.3, 0.4) is 0 Å². The van der Waals surface area contributed by atoms with Gasteiger partial charge in [-0.1, -0.05) is 23.2 Å². The lowest BCUT2D eigenvalue weighted by Gasteiger charge is -2.10. The van der Waals surface area contributed by atoms with E-state index in [9.17, 15) is 4.79 Å². The van der Waals surface area contributed by atoms with Gasteiger partial charge in [0.15, 0.2) is 5.75 Å². The van der Waals surface area contributed by atoms with E-state index in [2.05, 4.69) is 5.32 Å². The lowest BCUT2D eigenvalue weighted by molar-refractivity contribution is -0.105. The van der Waals surface area contributed by atoms with Crippen LogP contribution in [0.15, 0.2) is 42.5 Å². The monoisotopic (exact) mass is 281 g/mol. The summed E-state index contributed by atoms with van der Waals surface area (Å²) in [5.41, 5.74) is 0.507. The van der Waals surface area contributed by atoms with Gasteiger partial charge in [-0.25, -0.2) is 0 Å². The molecule has 1 amide bonds. The van der Waals surface area contributed by atoms with E-state index in [-0.39, 0.29) is 0 Å². The fourth-order valence-corrected chi connectivity index (χ4v) is 1.70. The van der Waals surface area contributed by atoms with Crippen LogP contribution in [-0.4, -0.2) is 6.41 Å². The summed E-state index contributed by atoms with van der Waals surface area (Å²) in [6, 6.07) is 11.9. The Morgan fingerprint density at radius 1 is 1.00 bits per heavy atom. The van der Waals surface area contributed by atoms with E-state index in [0.717, 1.165) is 0 Å². The standard InChI is InChI=1S/C13H9Cl2NO2/c14-9-1-4-11(5-2-9)18-13-6-3-10(15)7-12(13)16-8-17/h1-8H,(H,16,17). The Kier molecular flexibility index (Phi) is 4.07. The quantitative estimate of drug-likeness (QED) is 0.846. The van der Waals surface area contributed by atoms with E-state index in [1.54, 1.807) is 42.5 Å². The molecule has 0 fully saturated rings. The number of nitrogens with one attached hydrogen (secondary N) is 1. The fraction of sp³-hybridized carbons (Fsp3) is 0. The van der Waals surface area contributed by atoms with E-state index in [1.807, 2.05) is 0 Å². The minimum absolute atomic E-state index is 0.507. The summed E-state index contributed by atoms with van der Waals surface area (Å²) in [5.74, 6) is 1.13. The number of hydrogen-bond acceptors (Lipinski definition) is 2. The number of ether oxygens (including phenoxy) is 1. The molecule has 0 atom stereocenters. The molecular weight excluding hydrogens is 273 g/mol. The van der Waals surface area contributed by atoms with Gasteiger partial charge in [-0.05, 0) is 42.5 Å². The van der Waals surface area contributed by atoms with Gasteiger partial charge in [-0.3, -0.25) is 4.79 Å². The van der Waals surface area contributed by atoms with Crippen molar-refractivity contribution >= 4 is 35.3 Å². The first-order chi connectivity index (χ1) is 8.69. The molecule has 0 bridgehead atoms. The molecule has 5 heteroatoms. The van der Waals surface area contributed by atoms with Crippen LogP contribution in [0, 0.1) is 0 Å². The van der Waals surface area contributed by atoms with Gasteiger partial charge in [0.1, 0.15) is 5.75 Å². The molecule has 0 saturated heterocycles. The maximum Gasteiger partial charge on any atom is 0.211 e. The van der Waals surface area contributed by atoms with Crippen molar-refractivity contribution in [1.82, 2.24) is 0 Å². The van der Waals surface area contributed by atoms with Crippen molar-refractivity contribution in [1.29, 1.82) is 0 Å². The van der Waals surface area contributed by atoms with Gasteiger partial charge in [0, 0.05) is 10.0 Å². The number of carbonyl (C=O) groups excluding carboxylic acids is 1. The molecule has 1 N–H and O–H groups in total.